The molecule has 1 amide bonds. The van der Waals surface area contributed by atoms with Crippen LogP contribution in [0.4, 0.5) is 5.69 Å². The van der Waals surface area contributed by atoms with E-state index >= 15 is 0 Å². The Hall–Kier alpha value is -2.18. The lowest BCUT2D eigenvalue weighted by molar-refractivity contribution is -0.116. The first kappa shape index (κ1) is 19.6. The summed E-state index contributed by atoms with van der Waals surface area (Å²) in [6.45, 7) is 11.0. The summed E-state index contributed by atoms with van der Waals surface area (Å²) in [4.78, 5) is 14.9. The molecule has 0 saturated carbocycles. The van der Waals surface area contributed by atoms with E-state index in [2.05, 4.69) is 29.2 Å². The van der Waals surface area contributed by atoms with Crippen LogP contribution in [0.1, 0.15) is 38.1 Å². The number of carbonyl (C=O) groups is 1. The summed E-state index contributed by atoms with van der Waals surface area (Å²) in [6.07, 6.45) is 1.46. The highest BCUT2D eigenvalue weighted by Gasteiger charge is 2.33. The van der Waals surface area contributed by atoms with Crippen LogP contribution in [-0.4, -0.2) is 46.3 Å². The Balaban J connectivity index is 1.61. The highest BCUT2D eigenvalue weighted by molar-refractivity contribution is 5.92. The predicted octanol–water partition coefficient (Wildman–Crippen LogP) is 2.88. The molecule has 0 spiro atoms. The third kappa shape index (κ3) is 4.39. The number of likely N-dealkylation sites (tertiary alicyclic amines) is 1. The summed E-state index contributed by atoms with van der Waals surface area (Å²) in [5, 5.41) is 7.65. The monoisotopic (exact) mass is 369 g/mol. The first-order chi connectivity index (χ1) is 12.8. The molecule has 6 heteroatoms. The van der Waals surface area contributed by atoms with Gasteiger partial charge in [-0.15, -0.1) is 0 Å². The highest BCUT2D eigenvalue weighted by atomic mass is 16.1. The average molecular weight is 370 g/mol. The largest absolute Gasteiger partial charge is 0.327 e. The van der Waals surface area contributed by atoms with E-state index in [0.717, 1.165) is 48.8 Å². The third-order valence-electron chi connectivity index (χ3n) is 5.60. The molecule has 0 bridgehead atoms. The van der Waals surface area contributed by atoms with Crippen LogP contribution in [0.2, 0.25) is 0 Å². The molecule has 3 rings (SSSR count). The standard InChI is InChI=1S/C21H31N5O/c1-15-20(16(2)26(24-15)17-8-6-5-7-9-17)23-19(27)11-13-25-12-10-18(22)21(3,4)14-25/h5-9,18H,10-14,22H2,1-4H3,(H,23,27). The van der Waals surface area contributed by atoms with E-state index in [1.54, 1.807) is 0 Å². The number of benzene rings is 1. The van der Waals surface area contributed by atoms with Crippen molar-refractivity contribution in [2.24, 2.45) is 11.1 Å². The van der Waals surface area contributed by atoms with Crippen molar-refractivity contribution < 1.29 is 4.79 Å². The van der Waals surface area contributed by atoms with Crippen LogP contribution in [0.25, 0.3) is 5.69 Å². The van der Waals surface area contributed by atoms with Crippen molar-refractivity contribution in [3.63, 3.8) is 0 Å². The number of rotatable bonds is 5. The van der Waals surface area contributed by atoms with Gasteiger partial charge in [0.2, 0.25) is 5.91 Å². The van der Waals surface area contributed by atoms with Gasteiger partial charge < -0.3 is 16.0 Å². The number of aryl methyl sites for hydroxylation is 1. The van der Waals surface area contributed by atoms with Gasteiger partial charge in [-0.25, -0.2) is 4.68 Å². The van der Waals surface area contributed by atoms with Crippen LogP contribution < -0.4 is 11.1 Å². The van der Waals surface area contributed by atoms with Gasteiger partial charge >= 0.3 is 0 Å². The van der Waals surface area contributed by atoms with Gasteiger partial charge in [0, 0.05) is 25.6 Å². The fourth-order valence-electron chi connectivity index (χ4n) is 3.78. The number of para-hydroxylation sites is 1. The molecule has 1 aliphatic rings. The first-order valence-corrected chi connectivity index (χ1v) is 9.67. The lowest BCUT2D eigenvalue weighted by Crippen LogP contribution is -2.52. The van der Waals surface area contributed by atoms with Gasteiger partial charge in [0.25, 0.3) is 0 Å². The van der Waals surface area contributed by atoms with Crippen molar-refractivity contribution in [2.45, 2.75) is 46.6 Å². The highest BCUT2D eigenvalue weighted by Crippen LogP contribution is 2.28. The van der Waals surface area contributed by atoms with E-state index in [1.807, 2.05) is 48.9 Å². The van der Waals surface area contributed by atoms with Crippen molar-refractivity contribution in [1.29, 1.82) is 0 Å². The van der Waals surface area contributed by atoms with Crippen molar-refractivity contribution in [3.8, 4) is 5.69 Å². The second-order valence-corrected chi connectivity index (χ2v) is 8.25. The minimum absolute atomic E-state index is 0.0292. The second kappa shape index (κ2) is 7.82. The summed E-state index contributed by atoms with van der Waals surface area (Å²) >= 11 is 0. The average Bonchev–Trinajstić information content (AvgIpc) is 2.91. The Bertz CT molecular complexity index is 796. The summed E-state index contributed by atoms with van der Waals surface area (Å²) < 4.78 is 1.87. The molecule has 2 heterocycles. The number of amides is 1. The molecule has 1 saturated heterocycles. The third-order valence-corrected chi connectivity index (χ3v) is 5.60. The van der Waals surface area contributed by atoms with Crippen LogP contribution in [-0.2, 0) is 4.79 Å². The van der Waals surface area contributed by atoms with Gasteiger partial charge in [0.05, 0.1) is 22.8 Å². The quantitative estimate of drug-likeness (QED) is 0.850. The number of anilines is 1. The van der Waals surface area contributed by atoms with Gasteiger partial charge in [0.1, 0.15) is 0 Å². The SMILES string of the molecule is Cc1nn(-c2ccccc2)c(C)c1NC(=O)CCN1CCC(N)C(C)(C)C1. The maximum absolute atomic E-state index is 12.5. The molecular weight excluding hydrogens is 338 g/mol. The molecule has 1 fully saturated rings. The fraction of sp³-hybridized carbons (Fsp3) is 0.524. The van der Waals surface area contributed by atoms with E-state index in [0.29, 0.717) is 6.42 Å². The Kier molecular flexibility index (Phi) is 5.67. The normalized spacial score (nSPS) is 19.8. The molecule has 0 aliphatic carbocycles. The Morgan fingerprint density at radius 2 is 2.00 bits per heavy atom. The number of nitrogens with one attached hydrogen (secondary N) is 1. The van der Waals surface area contributed by atoms with Gasteiger partial charge in [-0.2, -0.15) is 5.10 Å². The van der Waals surface area contributed by atoms with E-state index in [4.69, 9.17) is 5.73 Å². The number of hydrogen-bond donors (Lipinski definition) is 2. The Morgan fingerprint density at radius 1 is 1.30 bits per heavy atom. The van der Waals surface area contributed by atoms with Gasteiger partial charge in [-0.1, -0.05) is 32.0 Å². The van der Waals surface area contributed by atoms with Crippen LogP contribution >= 0.6 is 0 Å². The molecule has 0 radical (unpaired) electrons. The smallest absolute Gasteiger partial charge is 0.225 e. The van der Waals surface area contributed by atoms with Crippen molar-refractivity contribution in [2.75, 3.05) is 25.0 Å². The van der Waals surface area contributed by atoms with Crippen molar-refractivity contribution >= 4 is 11.6 Å². The zero-order valence-electron chi connectivity index (χ0n) is 16.8. The second-order valence-electron chi connectivity index (χ2n) is 8.25. The van der Waals surface area contributed by atoms with Crippen molar-refractivity contribution in [3.05, 3.63) is 41.7 Å². The molecule has 6 nitrogen and oxygen atoms in total. The minimum atomic E-state index is 0.0292. The lowest BCUT2D eigenvalue weighted by atomic mass is 9.80. The topological polar surface area (TPSA) is 76.2 Å². The zero-order chi connectivity index (χ0) is 19.6. The fourth-order valence-corrected chi connectivity index (χ4v) is 3.78. The molecule has 1 atom stereocenters. The maximum Gasteiger partial charge on any atom is 0.225 e. The maximum atomic E-state index is 12.5. The Morgan fingerprint density at radius 3 is 2.67 bits per heavy atom. The van der Waals surface area contributed by atoms with E-state index in [1.165, 1.54) is 0 Å². The number of nitrogens with zero attached hydrogens (tertiary/aromatic N) is 3. The van der Waals surface area contributed by atoms with Crippen LogP contribution in [0.5, 0.6) is 0 Å². The molecule has 27 heavy (non-hydrogen) atoms. The van der Waals surface area contributed by atoms with E-state index < -0.39 is 0 Å². The summed E-state index contributed by atoms with van der Waals surface area (Å²) in [7, 11) is 0. The Labute approximate surface area is 161 Å². The molecule has 146 valence electrons. The summed E-state index contributed by atoms with van der Waals surface area (Å²) in [5.41, 5.74) is 9.87. The number of aromatic nitrogens is 2. The molecular formula is C21H31N5O. The lowest BCUT2D eigenvalue weighted by Gasteiger charge is -2.42. The molecule has 1 aromatic heterocycles. The summed E-state index contributed by atoms with van der Waals surface area (Å²) in [5.74, 6) is 0.0292. The number of carbonyl (C=O) groups excluding carboxylic acids is 1. The van der Waals surface area contributed by atoms with Crippen LogP contribution in [0, 0.1) is 19.3 Å². The number of hydrogen-bond acceptors (Lipinski definition) is 4. The number of piperidine rings is 1. The molecule has 2 aromatic rings. The predicted molar refractivity (Wildman–Crippen MR) is 109 cm³/mol. The molecule has 1 aliphatic heterocycles. The van der Waals surface area contributed by atoms with Crippen LogP contribution in [0.15, 0.2) is 30.3 Å². The number of nitrogens with two attached hydrogens (primary N) is 1. The van der Waals surface area contributed by atoms with Crippen molar-refractivity contribution in [1.82, 2.24) is 14.7 Å². The van der Waals surface area contributed by atoms with Crippen LogP contribution in [0.3, 0.4) is 0 Å². The first-order valence-electron chi connectivity index (χ1n) is 9.67. The zero-order valence-corrected chi connectivity index (χ0v) is 16.8. The van der Waals surface area contributed by atoms with E-state index in [-0.39, 0.29) is 17.4 Å². The minimum Gasteiger partial charge on any atom is -0.327 e. The van der Waals surface area contributed by atoms with Gasteiger partial charge in [-0.3, -0.25) is 4.79 Å². The summed E-state index contributed by atoms with van der Waals surface area (Å²) in [6, 6.07) is 10.2. The van der Waals surface area contributed by atoms with Gasteiger partial charge in [0.15, 0.2) is 0 Å². The molecule has 3 N–H and O–H groups in total. The van der Waals surface area contributed by atoms with E-state index in [9.17, 15) is 4.79 Å². The van der Waals surface area contributed by atoms with Gasteiger partial charge in [-0.05, 0) is 44.4 Å². The molecule has 1 unspecified atom stereocenters. The molecule has 1 aromatic carbocycles.